The highest BCUT2D eigenvalue weighted by molar-refractivity contribution is 7.86. The number of nitrogens with one attached hydrogen (secondary N) is 2. The second kappa shape index (κ2) is 24.2. The number of nitrogens with zero attached hydrogens (tertiary/aromatic N) is 4. The minimum Gasteiger partial charge on any atom is -0.744 e. The molecular formula is C60H72N6O9S2. The highest BCUT2D eigenvalue weighted by Crippen LogP contribution is 2.48. The first-order chi connectivity index (χ1) is 36.4. The Morgan fingerprint density at radius 1 is 0.727 bits per heavy atom. The molecule has 17 heteroatoms. The van der Waals surface area contributed by atoms with Gasteiger partial charge >= 0.3 is 0 Å². The third-order valence-electron chi connectivity index (χ3n) is 14.5. The van der Waals surface area contributed by atoms with Crippen molar-refractivity contribution in [3.8, 4) is 5.75 Å². The maximum absolute atomic E-state index is 12.8. The zero-order valence-electron chi connectivity index (χ0n) is 45.7. The molecule has 0 saturated heterocycles. The Morgan fingerprint density at radius 2 is 1.30 bits per heavy atom. The summed E-state index contributed by atoms with van der Waals surface area (Å²) in [4.78, 5) is 29.0. The largest absolute Gasteiger partial charge is 0.744 e. The molecule has 2 heterocycles. The van der Waals surface area contributed by atoms with E-state index < -0.39 is 31.1 Å². The lowest BCUT2D eigenvalue weighted by atomic mass is 9.81. The fourth-order valence-electron chi connectivity index (χ4n) is 10.2. The number of unbranched alkanes of at least 4 members (excludes halogenated alkanes) is 2. The van der Waals surface area contributed by atoms with E-state index in [1.165, 1.54) is 24.3 Å². The molecule has 0 fully saturated rings. The van der Waals surface area contributed by atoms with Crippen LogP contribution in [0.25, 0.3) is 5.57 Å². The zero-order valence-corrected chi connectivity index (χ0v) is 47.3. The predicted molar refractivity (Wildman–Crippen MR) is 303 cm³/mol. The number of hydrogen-bond donors (Lipinski definition) is 2. The minimum absolute atomic E-state index is 0.112. The van der Waals surface area contributed by atoms with Crippen molar-refractivity contribution in [3.05, 3.63) is 161 Å². The monoisotopic (exact) mass is 1080 g/mol. The molecule has 77 heavy (non-hydrogen) atoms. The van der Waals surface area contributed by atoms with E-state index >= 15 is 0 Å². The van der Waals surface area contributed by atoms with E-state index in [4.69, 9.17) is 4.74 Å². The maximum atomic E-state index is 12.8. The highest BCUT2D eigenvalue weighted by atomic mass is 32.2. The fraction of sp³-hybridized carbons (Fsp3) is 0.367. The van der Waals surface area contributed by atoms with Crippen molar-refractivity contribution in [3.63, 3.8) is 0 Å². The molecule has 2 amide bonds. The molecule has 0 spiro atoms. The Hall–Kier alpha value is -6.92. The molecule has 4 aromatic carbocycles. The third kappa shape index (κ3) is 13.6. The zero-order chi connectivity index (χ0) is 55.9. The van der Waals surface area contributed by atoms with Crippen LogP contribution in [0.15, 0.2) is 149 Å². The fourth-order valence-corrected chi connectivity index (χ4v) is 11.2. The number of hydrogen-bond acceptors (Lipinski definition) is 11. The molecule has 15 nitrogen and oxygen atoms in total. The molecule has 3 aliphatic rings. The molecule has 4 aromatic rings. The van der Waals surface area contributed by atoms with Gasteiger partial charge in [-0.05, 0) is 141 Å². The molecule has 0 bridgehead atoms. The van der Waals surface area contributed by atoms with Crippen molar-refractivity contribution in [2.24, 2.45) is 0 Å². The first kappa shape index (κ1) is 57.8. The maximum Gasteiger partial charge on any atom is 0.220 e. The van der Waals surface area contributed by atoms with Crippen LogP contribution in [0.4, 0.5) is 17.1 Å². The standard InChI is InChI=1S/C60H72N6O9S2/c1-10-65-52-34-32-48(76(69,70)71)40-50(52)59(2,3)54(65)16-14-17-55-60(4,5)51-41-49(77(72,73)74)33-35-53(51)66(55)38-13-11-12-18-56(67)61-36-37-62-57(68)19-15-39-75-47-30-24-44(25-31-47)58(42-20-26-45(27-21-42)63(6)7)43-22-28-46(29-23-43)64(8)9/h14,16-17,20-35,40-41H,10-13,15,18-19,36-39H2,1-9H3,(H2-2,61,62,67,68,69,70,71,72,73,74). The van der Waals surface area contributed by atoms with Gasteiger partial charge in [0.2, 0.25) is 17.5 Å². The minimum atomic E-state index is -4.71. The van der Waals surface area contributed by atoms with Gasteiger partial charge in [-0.15, -0.1) is 0 Å². The third-order valence-corrected chi connectivity index (χ3v) is 16.2. The molecule has 2 aliphatic heterocycles. The number of allylic oxidation sites excluding steroid dienone is 9. The summed E-state index contributed by atoms with van der Waals surface area (Å²) >= 11 is 0. The molecule has 408 valence electrons. The van der Waals surface area contributed by atoms with E-state index in [0.29, 0.717) is 64.0 Å². The van der Waals surface area contributed by atoms with E-state index in [9.17, 15) is 35.5 Å². The number of carbonyl (C=O) groups excluding carboxylic acids is 2. The summed E-state index contributed by atoms with van der Waals surface area (Å²) in [6.07, 6.45) is 17.6. The van der Waals surface area contributed by atoms with E-state index in [2.05, 4.69) is 90.3 Å². The number of ether oxygens (including phenoxy) is 1. The summed E-state index contributed by atoms with van der Waals surface area (Å²) in [6, 6.07) is 25.5. The molecule has 0 aromatic heterocycles. The van der Waals surface area contributed by atoms with Crippen LogP contribution < -0.4 is 25.2 Å². The SMILES string of the molecule is CCN1/C(=C\C=C\C2=[N+](CCCCCC(=O)NCCNC(=O)CCCOc3ccc(C(=C4C=CC(=[N+](C)C)C=C4)c4ccc(N(C)C)cc4)cc3)c3ccc(S(=O)(=O)[O-])cc3C2(C)C)C(C)(C)c2cc(S(=O)(=O)[O-])ccc21. The highest BCUT2D eigenvalue weighted by Gasteiger charge is 2.45. The van der Waals surface area contributed by atoms with Gasteiger partial charge in [-0.3, -0.25) is 9.59 Å². The number of anilines is 2. The van der Waals surface area contributed by atoms with Gasteiger partial charge in [0.15, 0.2) is 11.4 Å². The topological polar surface area (TPSA) is 194 Å². The number of rotatable bonds is 22. The summed E-state index contributed by atoms with van der Waals surface area (Å²) in [5.74, 6) is 0.484. The Kier molecular flexibility index (Phi) is 18.1. The van der Waals surface area contributed by atoms with E-state index in [-0.39, 0.29) is 28.0 Å². The second-order valence-corrected chi connectivity index (χ2v) is 23.7. The van der Waals surface area contributed by atoms with Gasteiger partial charge in [-0.2, -0.15) is 4.58 Å². The normalized spacial score (nSPS) is 16.0. The van der Waals surface area contributed by atoms with Crippen molar-refractivity contribution in [1.82, 2.24) is 10.6 Å². The summed E-state index contributed by atoms with van der Waals surface area (Å²) in [7, 11) is -1.25. The quantitative estimate of drug-likeness (QED) is 0.0436. The summed E-state index contributed by atoms with van der Waals surface area (Å²) in [5.41, 5.74) is 10.1. The van der Waals surface area contributed by atoms with Crippen LogP contribution in [-0.2, 0) is 40.7 Å². The number of benzene rings is 4. The number of likely N-dealkylation sites (N-methyl/N-ethyl adjacent to an activating group) is 1. The predicted octanol–water partition coefficient (Wildman–Crippen LogP) is 8.49. The lowest BCUT2D eigenvalue weighted by Gasteiger charge is -2.25. The Balaban J connectivity index is 0.873. The van der Waals surface area contributed by atoms with Crippen LogP contribution in [0.3, 0.4) is 0 Å². The van der Waals surface area contributed by atoms with Crippen molar-refractivity contribution in [2.45, 2.75) is 93.8 Å². The van der Waals surface area contributed by atoms with Gasteiger partial charge in [0.25, 0.3) is 0 Å². The molecule has 0 atom stereocenters. The van der Waals surface area contributed by atoms with Gasteiger partial charge in [-0.25, -0.2) is 21.4 Å². The van der Waals surface area contributed by atoms with Gasteiger partial charge in [0.05, 0.1) is 21.8 Å². The molecule has 2 N–H and O–H groups in total. The molecule has 0 unspecified atom stereocenters. The van der Waals surface area contributed by atoms with E-state index in [1.54, 1.807) is 12.1 Å². The Morgan fingerprint density at radius 3 is 1.87 bits per heavy atom. The first-order valence-electron chi connectivity index (χ1n) is 26.1. The van der Waals surface area contributed by atoms with Crippen molar-refractivity contribution >= 4 is 66.1 Å². The summed E-state index contributed by atoms with van der Waals surface area (Å²) < 4.78 is 82.3. The number of amides is 2. The van der Waals surface area contributed by atoms with Crippen LogP contribution in [0, 0.1) is 0 Å². The average Bonchev–Trinajstić information content (AvgIpc) is 3.82. The lowest BCUT2D eigenvalue weighted by Crippen LogP contribution is -2.34. The van der Waals surface area contributed by atoms with Crippen LogP contribution in [0.1, 0.15) is 95.4 Å². The van der Waals surface area contributed by atoms with Crippen LogP contribution in [-0.4, -0.2) is 119 Å². The van der Waals surface area contributed by atoms with Crippen LogP contribution >= 0.6 is 0 Å². The summed E-state index contributed by atoms with van der Waals surface area (Å²) in [5, 5.41) is 5.77. The average molecular weight is 1090 g/mol. The number of fused-ring (bicyclic) bond motifs is 2. The second-order valence-electron chi connectivity index (χ2n) is 21.0. The van der Waals surface area contributed by atoms with E-state index in [0.717, 1.165) is 74.2 Å². The van der Waals surface area contributed by atoms with Crippen molar-refractivity contribution in [2.75, 3.05) is 70.8 Å². The van der Waals surface area contributed by atoms with Crippen molar-refractivity contribution in [1.29, 1.82) is 0 Å². The van der Waals surface area contributed by atoms with Crippen molar-refractivity contribution < 1.29 is 49.4 Å². The Labute approximate surface area is 455 Å². The molecule has 0 saturated carbocycles. The van der Waals surface area contributed by atoms with Crippen LogP contribution in [0.2, 0.25) is 0 Å². The van der Waals surface area contributed by atoms with Gasteiger partial charge in [-0.1, -0.05) is 44.2 Å². The molecule has 0 radical (unpaired) electrons. The number of carbonyl (C=O) groups is 2. The van der Waals surface area contributed by atoms with E-state index in [1.807, 2.05) is 93.2 Å². The molecular weight excluding hydrogens is 1010 g/mol. The molecule has 7 rings (SSSR count). The smallest absolute Gasteiger partial charge is 0.220 e. The van der Waals surface area contributed by atoms with Gasteiger partial charge < -0.3 is 34.3 Å². The van der Waals surface area contributed by atoms with Crippen LogP contribution in [0.5, 0.6) is 5.75 Å². The lowest BCUT2D eigenvalue weighted by molar-refractivity contribution is -0.462. The van der Waals surface area contributed by atoms with Gasteiger partial charge in [0, 0.05) is 105 Å². The Bertz CT molecular complexity index is 3320. The summed E-state index contributed by atoms with van der Waals surface area (Å²) in [6.45, 7) is 12.1. The van der Waals surface area contributed by atoms with Gasteiger partial charge in [0.1, 0.15) is 46.6 Å². The molecule has 1 aliphatic carbocycles. The first-order valence-corrected chi connectivity index (χ1v) is 28.9.